The van der Waals surface area contributed by atoms with Crippen LogP contribution in [0.25, 0.3) is 21.7 Å². The molecule has 1 saturated heterocycles. The van der Waals surface area contributed by atoms with Gasteiger partial charge in [-0.15, -0.1) is 11.3 Å². The average Bonchev–Trinajstić information content (AvgIpc) is 3.56. The minimum Gasteiger partial charge on any atom is -0.472 e. The van der Waals surface area contributed by atoms with E-state index in [4.69, 9.17) is 9.72 Å². The van der Waals surface area contributed by atoms with Gasteiger partial charge < -0.3 is 36.0 Å². The molecule has 1 aliphatic carbocycles. The second-order valence-electron chi connectivity index (χ2n) is 15.5. The molecule has 1 saturated carbocycles. The smallest absolute Gasteiger partial charge is 0.315 e. The number of carbonyl (C=O) groups excluding carboxylic acids is 4. The Labute approximate surface area is 302 Å². The van der Waals surface area contributed by atoms with Crippen molar-refractivity contribution in [3.63, 3.8) is 0 Å². The van der Waals surface area contributed by atoms with Gasteiger partial charge in [-0.25, -0.2) is 9.78 Å². The molecule has 0 aromatic carbocycles. The number of hydrogen-bond donors (Lipinski definition) is 5. The number of ether oxygens (including phenoxy) is 1. The van der Waals surface area contributed by atoms with Crippen LogP contribution in [0.1, 0.15) is 80.6 Å². The van der Waals surface area contributed by atoms with E-state index in [0.29, 0.717) is 40.5 Å². The predicted octanol–water partition coefficient (Wildman–Crippen LogP) is 3.54. The molecule has 0 radical (unpaired) electrons. The predicted molar refractivity (Wildman–Crippen MR) is 194 cm³/mol. The maximum atomic E-state index is 14.5. The standard InChI is InChI=1S/C36H50N8O6S/c1-8-11-23(26(45)30(47)38-20-13-14-20)39-29(46)25-18-21(19-44(25)33(48)27(35(2,3)4)40-34(49)43-36(5,6)7)50-31-22-15-17-51-32(22)42-28(41-31)24-12-9-10-16-37-24/h9-10,12,15-17,20-21,23,25-27,45H,8,11,13-14,18-19H2,1-7H3,(H,38,47)(H,39,46)(H2,40,43,49)/t21-,23+,25+,26+,27-/m1/s1. The van der Waals surface area contributed by atoms with Gasteiger partial charge in [0, 0.05) is 24.2 Å². The molecule has 2 aliphatic rings. The highest BCUT2D eigenvalue weighted by Gasteiger charge is 2.47. The highest BCUT2D eigenvalue weighted by Crippen LogP contribution is 2.33. The normalized spacial score (nSPS) is 19.6. The van der Waals surface area contributed by atoms with E-state index in [1.54, 1.807) is 18.3 Å². The second kappa shape index (κ2) is 15.5. The van der Waals surface area contributed by atoms with Crippen molar-refractivity contribution < 1.29 is 29.0 Å². The molecule has 0 spiro atoms. The van der Waals surface area contributed by atoms with Crippen molar-refractivity contribution in [1.29, 1.82) is 0 Å². The zero-order valence-corrected chi connectivity index (χ0v) is 31.2. The zero-order valence-electron chi connectivity index (χ0n) is 30.4. The molecule has 5 N–H and O–H groups in total. The van der Waals surface area contributed by atoms with Gasteiger partial charge in [0.1, 0.15) is 28.7 Å². The van der Waals surface area contributed by atoms with Crippen LogP contribution in [0.4, 0.5) is 4.79 Å². The Balaban J connectivity index is 1.44. The number of nitrogens with one attached hydrogen (secondary N) is 4. The van der Waals surface area contributed by atoms with Crippen LogP contribution in [0.2, 0.25) is 0 Å². The first kappa shape index (κ1) is 37.9. The van der Waals surface area contributed by atoms with Gasteiger partial charge >= 0.3 is 6.03 Å². The first-order valence-electron chi connectivity index (χ1n) is 17.5. The zero-order chi connectivity index (χ0) is 37.1. The lowest BCUT2D eigenvalue weighted by atomic mass is 9.85. The number of nitrogens with zero attached hydrogens (tertiary/aromatic N) is 4. The van der Waals surface area contributed by atoms with Gasteiger partial charge in [0.15, 0.2) is 11.9 Å². The third-order valence-electron chi connectivity index (χ3n) is 8.69. The number of pyridine rings is 1. The van der Waals surface area contributed by atoms with Crippen LogP contribution in [-0.4, -0.2) is 97.2 Å². The number of amides is 5. The largest absolute Gasteiger partial charge is 0.472 e. The number of aromatic nitrogens is 3. The van der Waals surface area contributed by atoms with Crippen molar-refractivity contribution in [3.05, 3.63) is 35.8 Å². The molecule has 0 bridgehead atoms. The van der Waals surface area contributed by atoms with Crippen molar-refractivity contribution in [2.75, 3.05) is 6.54 Å². The highest BCUT2D eigenvalue weighted by molar-refractivity contribution is 7.16. The average molecular weight is 723 g/mol. The van der Waals surface area contributed by atoms with E-state index in [1.807, 2.05) is 66.0 Å². The lowest BCUT2D eigenvalue weighted by Gasteiger charge is -2.36. The fourth-order valence-electron chi connectivity index (χ4n) is 5.98. The lowest BCUT2D eigenvalue weighted by molar-refractivity contribution is -0.143. The lowest BCUT2D eigenvalue weighted by Crippen LogP contribution is -2.61. The minimum atomic E-state index is -1.46. The Morgan fingerprint density at radius 2 is 1.80 bits per heavy atom. The van der Waals surface area contributed by atoms with Crippen molar-refractivity contribution in [1.82, 2.24) is 41.1 Å². The molecule has 3 aromatic rings. The van der Waals surface area contributed by atoms with E-state index in [-0.39, 0.29) is 19.0 Å². The summed E-state index contributed by atoms with van der Waals surface area (Å²) in [6, 6.07) is 3.91. The van der Waals surface area contributed by atoms with Crippen LogP contribution in [-0.2, 0) is 14.4 Å². The highest BCUT2D eigenvalue weighted by atomic mass is 32.1. The Hall–Kier alpha value is -4.37. The third kappa shape index (κ3) is 9.70. The molecule has 4 heterocycles. The molecule has 5 atom stereocenters. The van der Waals surface area contributed by atoms with Gasteiger partial charge in [0.2, 0.25) is 17.7 Å². The number of aliphatic hydroxyl groups is 1. The first-order valence-corrected chi connectivity index (χ1v) is 18.4. The number of rotatable bonds is 12. The van der Waals surface area contributed by atoms with Crippen molar-refractivity contribution in [3.8, 4) is 17.4 Å². The van der Waals surface area contributed by atoms with Gasteiger partial charge in [-0.3, -0.25) is 19.4 Å². The molecule has 51 heavy (non-hydrogen) atoms. The Morgan fingerprint density at radius 3 is 2.43 bits per heavy atom. The molecule has 1 aliphatic heterocycles. The summed E-state index contributed by atoms with van der Waals surface area (Å²) in [5.41, 5.74) is -0.720. The maximum Gasteiger partial charge on any atom is 0.315 e. The quantitative estimate of drug-likeness (QED) is 0.186. The third-order valence-corrected chi connectivity index (χ3v) is 9.50. The first-order chi connectivity index (χ1) is 24.0. The van der Waals surface area contributed by atoms with E-state index in [1.165, 1.54) is 16.2 Å². The number of hydrogen-bond acceptors (Lipinski definition) is 10. The van der Waals surface area contributed by atoms with Crippen LogP contribution >= 0.6 is 11.3 Å². The maximum absolute atomic E-state index is 14.5. The van der Waals surface area contributed by atoms with E-state index < -0.39 is 65.0 Å². The Bertz CT molecular complexity index is 1720. The number of thiophene rings is 1. The molecule has 2 fully saturated rings. The summed E-state index contributed by atoms with van der Waals surface area (Å²) in [6.45, 7) is 12.9. The topological polar surface area (TPSA) is 188 Å². The number of aliphatic hydroxyl groups excluding tert-OH is 1. The molecule has 5 amide bonds. The molecular formula is C36H50N8O6S. The summed E-state index contributed by atoms with van der Waals surface area (Å²) in [5, 5.41) is 24.9. The summed E-state index contributed by atoms with van der Waals surface area (Å²) in [7, 11) is 0. The van der Waals surface area contributed by atoms with Crippen LogP contribution in [0.5, 0.6) is 5.88 Å². The van der Waals surface area contributed by atoms with Gasteiger partial charge in [-0.1, -0.05) is 40.2 Å². The van der Waals surface area contributed by atoms with Gasteiger partial charge in [0.25, 0.3) is 5.91 Å². The molecule has 14 nitrogen and oxygen atoms in total. The monoisotopic (exact) mass is 722 g/mol. The number of urea groups is 1. The van der Waals surface area contributed by atoms with Gasteiger partial charge in [0.05, 0.1) is 18.0 Å². The van der Waals surface area contributed by atoms with Crippen LogP contribution in [0, 0.1) is 5.41 Å². The summed E-state index contributed by atoms with van der Waals surface area (Å²) in [4.78, 5) is 70.4. The fraction of sp³-hybridized carbons (Fsp3) is 0.583. The number of likely N-dealkylation sites (tertiary alicyclic amines) is 1. The molecule has 0 unspecified atom stereocenters. The van der Waals surface area contributed by atoms with Crippen molar-refractivity contribution in [2.24, 2.45) is 5.41 Å². The molecule has 276 valence electrons. The van der Waals surface area contributed by atoms with Crippen molar-refractivity contribution >= 4 is 45.3 Å². The van der Waals surface area contributed by atoms with E-state index in [2.05, 4.69) is 31.2 Å². The van der Waals surface area contributed by atoms with Gasteiger partial charge in [-0.2, -0.15) is 4.98 Å². The van der Waals surface area contributed by atoms with Gasteiger partial charge in [-0.05, 0) is 69.0 Å². The minimum absolute atomic E-state index is 0.0176. The van der Waals surface area contributed by atoms with E-state index in [0.717, 1.165) is 12.8 Å². The summed E-state index contributed by atoms with van der Waals surface area (Å²) < 4.78 is 6.51. The summed E-state index contributed by atoms with van der Waals surface area (Å²) in [5.74, 6) is -0.856. The Morgan fingerprint density at radius 1 is 1.06 bits per heavy atom. The van der Waals surface area contributed by atoms with Crippen molar-refractivity contribution in [2.45, 2.75) is 122 Å². The SMILES string of the molecule is CCC[C@H](NC(=O)[C@@H]1C[C@@H](Oc2nc(-c3ccccn3)nc3sccc23)CN1C(=O)[C@@H](NC(=O)NC(C)(C)C)C(C)(C)C)[C@H](O)C(=O)NC1CC1. The van der Waals surface area contributed by atoms with E-state index in [9.17, 15) is 24.3 Å². The second-order valence-corrected chi connectivity index (χ2v) is 16.4. The van der Waals surface area contributed by atoms with Crippen LogP contribution in [0.3, 0.4) is 0 Å². The Kier molecular flexibility index (Phi) is 11.5. The van der Waals surface area contributed by atoms with E-state index >= 15 is 0 Å². The molecule has 3 aromatic heterocycles. The summed E-state index contributed by atoms with van der Waals surface area (Å²) >= 11 is 1.43. The van der Waals surface area contributed by atoms with Crippen LogP contribution < -0.4 is 26.0 Å². The molecular weight excluding hydrogens is 673 g/mol. The van der Waals surface area contributed by atoms with Crippen LogP contribution in [0.15, 0.2) is 35.8 Å². The number of carbonyl (C=O) groups is 4. The molecule has 5 rings (SSSR count). The number of fused-ring (bicyclic) bond motifs is 1. The fourth-order valence-corrected chi connectivity index (χ4v) is 6.73. The summed E-state index contributed by atoms with van der Waals surface area (Å²) in [6.07, 6.45) is 2.27. The molecule has 15 heteroatoms.